The van der Waals surface area contributed by atoms with E-state index in [1.54, 1.807) is 7.11 Å². The highest BCUT2D eigenvalue weighted by Gasteiger charge is 2.02. The zero-order valence-electron chi connectivity index (χ0n) is 9.49. The number of rotatable bonds is 6. The lowest BCUT2D eigenvalue weighted by atomic mass is 10.1. The molecule has 0 radical (unpaired) electrons. The molecule has 0 amide bonds. The maximum atomic E-state index is 5.56. The first-order valence-electron chi connectivity index (χ1n) is 5.35. The van der Waals surface area contributed by atoms with Crippen molar-refractivity contribution in [2.45, 2.75) is 13.3 Å². The quantitative estimate of drug-likeness (QED) is 0.752. The van der Waals surface area contributed by atoms with E-state index in [2.05, 4.69) is 12.2 Å². The number of nitrogens with two attached hydrogens (primary N) is 1. The lowest BCUT2D eigenvalue weighted by Crippen LogP contribution is -2.15. The first-order chi connectivity index (χ1) is 7.27. The first-order valence-corrected chi connectivity index (χ1v) is 5.35. The summed E-state index contributed by atoms with van der Waals surface area (Å²) in [6, 6.07) is 7.93. The Labute approximate surface area is 91.6 Å². The van der Waals surface area contributed by atoms with Gasteiger partial charge in [-0.3, -0.25) is 0 Å². The molecule has 0 aliphatic rings. The van der Waals surface area contributed by atoms with Gasteiger partial charge in [-0.2, -0.15) is 0 Å². The molecular weight excluding hydrogens is 188 g/mol. The molecule has 3 N–H and O–H groups in total. The van der Waals surface area contributed by atoms with E-state index in [9.17, 15) is 0 Å². The SMILES string of the molecule is COc1ccccc1NCCC(C)CN. The lowest BCUT2D eigenvalue weighted by molar-refractivity contribution is 0.416. The highest BCUT2D eigenvalue weighted by Crippen LogP contribution is 2.22. The van der Waals surface area contributed by atoms with Gasteiger partial charge >= 0.3 is 0 Å². The summed E-state index contributed by atoms with van der Waals surface area (Å²) in [7, 11) is 1.68. The Balaban J connectivity index is 2.43. The van der Waals surface area contributed by atoms with Gasteiger partial charge in [0.1, 0.15) is 5.75 Å². The summed E-state index contributed by atoms with van der Waals surface area (Å²) in [4.78, 5) is 0. The molecule has 15 heavy (non-hydrogen) atoms. The second-order valence-electron chi connectivity index (χ2n) is 3.76. The van der Waals surface area contributed by atoms with Crippen molar-refractivity contribution in [3.8, 4) is 5.75 Å². The third kappa shape index (κ3) is 3.80. The molecule has 3 heteroatoms. The van der Waals surface area contributed by atoms with E-state index in [4.69, 9.17) is 10.5 Å². The van der Waals surface area contributed by atoms with Crippen LogP contribution in [0.4, 0.5) is 5.69 Å². The van der Waals surface area contributed by atoms with Gasteiger partial charge in [-0.05, 0) is 31.0 Å². The topological polar surface area (TPSA) is 47.3 Å². The molecule has 3 nitrogen and oxygen atoms in total. The van der Waals surface area contributed by atoms with Crippen molar-refractivity contribution in [3.63, 3.8) is 0 Å². The molecule has 0 bridgehead atoms. The van der Waals surface area contributed by atoms with E-state index in [-0.39, 0.29) is 0 Å². The molecule has 0 aliphatic carbocycles. The lowest BCUT2D eigenvalue weighted by Gasteiger charge is -2.12. The van der Waals surface area contributed by atoms with Crippen molar-refractivity contribution in [2.75, 3.05) is 25.5 Å². The molecule has 1 atom stereocenters. The molecule has 1 unspecified atom stereocenters. The second-order valence-corrected chi connectivity index (χ2v) is 3.76. The molecule has 0 aliphatic heterocycles. The molecule has 0 saturated carbocycles. The van der Waals surface area contributed by atoms with E-state index in [0.717, 1.165) is 30.9 Å². The molecule has 0 heterocycles. The Hall–Kier alpha value is -1.22. The number of hydrogen-bond donors (Lipinski definition) is 2. The van der Waals surface area contributed by atoms with Crippen LogP contribution in [0, 0.1) is 5.92 Å². The van der Waals surface area contributed by atoms with Gasteiger partial charge in [0.05, 0.1) is 12.8 Å². The van der Waals surface area contributed by atoms with E-state index in [0.29, 0.717) is 5.92 Å². The number of methoxy groups -OCH3 is 1. The highest BCUT2D eigenvalue weighted by atomic mass is 16.5. The number of ether oxygens (including phenoxy) is 1. The minimum Gasteiger partial charge on any atom is -0.495 e. The van der Waals surface area contributed by atoms with Crippen molar-refractivity contribution in [3.05, 3.63) is 24.3 Å². The van der Waals surface area contributed by atoms with Crippen molar-refractivity contribution in [1.82, 2.24) is 0 Å². The zero-order valence-corrected chi connectivity index (χ0v) is 9.49. The number of hydrogen-bond acceptors (Lipinski definition) is 3. The van der Waals surface area contributed by atoms with Crippen LogP contribution >= 0.6 is 0 Å². The van der Waals surface area contributed by atoms with Crippen LogP contribution < -0.4 is 15.8 Å². The van der Waals surface area contributed by atoms with Crippen LogP contribution in [-0.4, -0.2) is 20.2 Å². The van der Waals surface area contributed by atoms with Crippen LogP contribution in [0.15, 0.2) is 24.3 Å². The van der Waals surface area contributed by atoms with Gasteiger partial charge < -0.3 is 15.8 Å². The molecular formula is C12H20N2O. The predicted molar refractivity (Wildman–Crippen MR) is 64.3 cm³/mol. The number of benzene rings is 1. The van der Waals surface area contributed by atoms with E-state index in [1.165, 1.54) is 0 Å². The van der Waals surface area contributed by atoms with Gasteiger partial charge in [0.2, 0.25) is 0 Å². The summed E-state index contributed by atoms with van der Waals surface area (Å²) in [5, 5.41) is 3.35. The summed E-state index contributed by atoms with van der Waals surface area (Å²) in [5.41, 5.74) is 6.60. The van der Waals surface area contributed by atoms with Crippen LogP contribution in [0.1, 0.15) is 13.3 Å². The summed E-state index contributed by atoms with van der Waals surface area (Å²) >= 11 is 0. The Kier molecular flexibility index (Phi) is 4.98. The maximum Gasteiger partial charge on any atom is 0.141 e. The van der Waals surface area contributed by atoms with Crippen molar-refractivity contribution in [1.29, 1.82) is 0 Å². The van der Waals surface area contributed by atoms with Crippen molar-refractivity contribution < 1.29 is 4.74 Å². The number of anilines is 1. The van der Waals surface area contributed by atoms with Crippen LogP contribution in [0.3, 0.4) is 0 Å². The molecule has 1 rings (SSSR count). The highest BCUT2D eigenvalue weighted by molar-refractivity contribution is 5.55. The van der Waals surface area contributed by atoms with Crippen LogP contribution in [-0.2, 0) is 0 Å². The fourth-order valence-corrected chi connectivity index (χ4v) is 1.36. The summed E-state index contributed by atoms with van der Waals surface area (Å²) in [5.74, 6) is 1.45. The van der Waals surface area contributed by atoms with Gasteiger partial charge in [0.25, 0.3) is 0 Å². The van der Waals surface area contributed by atoms with Crippen LogP contribution in [0.5, 0.6) is 5.75 Å². The van der Waals surface area contributed by atoms with Crippen LogP contribution in [0.25, 0.3) is 0 Å². The van der Waals surface area contributed by atoms with Gasteiger partial charge in [0.15, 0.2) is 0 Å². The molecule has 1 aromatic carbocycles. The normalized spacial score (nSPS) is 12.2. The Morgan fingerprint density at radius 2 is 2.13 bits per heavy atom. The monoisotopic (exact) mass is 208 g/mol. The fourth-order valence-electron chi connectivity index (χ4n) is 1.36. The zero-order chi connectivity index (χ0) is 11.1. The number of para-hydroxylation sites is 2. The Morgan fingerprint density at radius 3 is 2.80 bits per heavy atom. The molecule has 0 fully saturated rings. The summed E-state index contributed by atoms with van der Waals surface area (Å²) < 4.78 is 5.24. The molecule has 0 saturated heterocycles. The second kappa shape index (κ2) is 6.30. The number of nitrogens with one attached hydrogen (secondary N) is 1. The van der Waals surface area contributed by atoms with Gasteiger partial charge in [-0.15, -0.1) is 0 Å². The smallest absolute Gasteiger partial charge is 0.141 e. The minimum atomic E-state index is 0.562. The third-order valence-electron chi connectivity index (χ3n) is 2.46. The Morgan fingerprint density at radius 1 is 1.40 bits per heavy atom. The Bertz CT molecular complexity index is 289. The van der Waals surface area contributed by atoms with Crippen molar-refractivity contribution >= 4 is 5.69 Å². The average molecular weight is 208 g/mol. The van der Waals surface area contributed by atoms with Crippen molar-refractivity contribution in [2.24, 2.45) is 11.7 Å². The van der Waals surface area contributed by atoms with Gasteiger partial charge in [-0.1, -0.05) is 19.1 Å². The molecule has 0 aromatic heterocycles. The summed E-state index contributed by atoms with van der Waals surface area (Å²) in [6.07, 6.45) is 1.08. The summed E-state index contributed by atoms with van der Waals surface area (Å²) in [6.45, 7) is 3.83. The fraction of sp³-hybridized carbons (Fsp3) is 0.500. The van der Waals surface area contributed by atoms with E-state index in [1.807, 2.05) is 24.3 Å². The van der Waals surface area contributed by atoms with E-state index >= 15 is 0 Å². The minimum absolute atomic E-state index is 0.562. The van der Waals surface area contributed by atoms with E-state index < -0.39 is 0 Å². The average Bonchev–Trinajstić information content (AvgIpc) is 2.29. The van der Waals surface area contributed by atoms with Crippen LogP contribution in [0.2, 0.25) is 0 Å². The third-order valence-corrected chi connectivity index (χ3v) is 2.46. The maximum absolute atomic E-state index is 5.56. The van der Waals surface area contributed by atoms with Gasteiger partial charge in [-0.25, -0.2) is 0 Å². The molecule has 1 aromatic rings. The van der Waals surface area contributed by atoms with Gasteiger partial charge in [0, 0.05) is 6.54 Å². The molecule has 84 valence electrons. The molecule has 0 spiro atoms. The largest absolute Gasteiger partial charge is 0.495 e. The first kappa shape index (κ1) is 11.9. The standard InChI is InChI=1S/C12H20N2O/c1-10(9-13)7-8-14-11-5-3-4-6-12(11)15-2/h3-6,10,14H,7-9,13H2,1-2H3. The predicted octanol–water partition coefficient (Wildman–Crippen LogP) is 2.09.